The van der Waals surface area contributed by atoms with E-state index in [1.807, 2.05) is 25.7 Å². The fourth-order valence-corrected chi connectivity index (χ4v) is 2.46. The highest BCUT2D eigenvalue weighted by Gasteiger charge is 2.27. The Morgan fingerprint density at radius 2 is 1.95 bits per heavy atom. The minimum atomic E-state index is -0.127. The van der Waals surface area contributed by atoms with Crippen molar-refractivity contribution in [2.24, 2.45) is 0 Å². The molecule has 0 saturated heterocycles. The Morgan fingerprint density at radius 1 is 1.29 bits per heavy atom. The lowest BCUT2D eigenvalue weighted by Crippen LogP contribution is -2.50. The van der Waals surface area contributed by atoms with Crippen LogP contribution in [0.4, 0.5) is 0 Å². The number of likely N-dealkylation sites (N-methyl/N-ethyl adjacent to an activating group) is 1. The van der Waals surface area contributed by atoms with E-state index in [-0.39, 0.29) is 37.6 Å². The molecule has 1 saturated carbocycles. The van der Waals surface area contributed by atoms with Gasteiger partial charge in [0.15, 0.2) is 0 Å². The molecule has 0 aromatic rings. The fourth-order valence-electron chi connectivity index (χ4n) is 2.46. The standard InChI is InChI=1S/C15H29N3O3/c1-4-17(10-14(20)16-12(2)3)15(21)11-18(8-9-19)13-6-5-7-13/h12-13,19H,4-11H2,1-3H3,(H,16,20). The third kappa shape index (κ3) is 6.01. The van der Waals surface area contributed by atoms with Crippen molar-refractivity contribution in [1.82, 2.24) is 15.1 Å². The molecule has 0 radical (unpaired) electrons. The Labute approximate surface area is 127 Å². The first-order valence-electron chi connectivity index (χ1n) is 7.90. The number of nitrogens with one attached hydrogen (secondary N) is 1. The summed E-state index contributed by atoms with van der Waals surface area (Å²) in [6.45, 7) is 7.16. The van der Waals surface area contributed by atoms with Gasteiger partial charge >= 0.3 is 0 Å². The van der Waals surface area contributed by atoms with Crippen molar-refractivity contribution >= 4 is 11.8 Å². The number of nitrogens with zero attached hydrogens (tertiary/aromatic N) is 2. The summed E-state index contributed by atoms with van der Waals surface area (Å²) in [7, 11) is 0. The number of amides is 2. The summed E-state index contributed by atoms with van der Waals surface area (Å²) < 4.78 is 0. The highest BCUT2D eigenvalue weighted by atomic mass is 16.3. The molecule has 0 unspecified atom stereocenters. The predicted molar refractivity (Wildman–Crippen MR) is 81.8 cm³/mol. The molecule has 1 aliphatic rings. The van der Waals surface area contributed by atoms with E-state index in [2.05, 4.69) is 5.32 Å². The van der Waals surface area contributed by atoms with Gasteiger partial charge in [0.25, 0.3) is 0 Å². The number of hydrogen-bond donors (Lipinski definition) is 2. The van der Waals surface area contributed by atoms with Crippen molar-refractivity contribution in [3.63, 3.8) is 0 Å². The van der Waals surface area contributed by atoms with Gasteiger partial charge in [-0.05, 0) is 33.6 Å². The molecule has 0 atom stereocenters. The first-order valence-corrected chi connectivity index (χ1v) is 7.90. The quantitative estimate of drug-likeness (QED) is 0.638. The van der Waals surface area contributed by atoms with Crippen molar-refractivity contribution in [3.05, 3.63) is 0 Å². The summed E-state index contributed by atoms with van der Waals surface area (Å²) in [6, 6.07) is 0.483. The molecule has 21 heavy (non-hydrogen) atoms. The molecule has 2 N–H and O–H groups in total. The van der Waals surface area contributed by atoms with Crippen molar-refractivity contribution < 1.29 is 14.7 Å². The van der Waals surface area contributed by atoms with E-state index in [1.54, 1.807) is 4.90 Å². The van der Waals surface area contributed by atoms with E-state index in [9.17, 15) is 9.59 Å². The number of carbonyl (C=O) groups excluding carboxylic acids is 2. The van der Waals surface area contributed by atoms with Crippen LogP contribution < -0.4 is 5.32 Å². The van der Waals surface area contributed by atoms with E-state index < -0.39 is 0 Å². The third-order valence-electron chi connectivity index (χ3n) is 3.84. The fraction of sp³-hybridized carbons (Fsp3) is 0.867. The molecular weight excluding hydrogens is 270 g/mol. The number of aliphatic hydroxyl groups is 1. The van der Waals surface area contributed by atoms with Gasteiger partial charge in [-0.1, -0.05) is 6.42 Å². The smallest absolute Gasteiger partial charge is 0.239 e. The lowest BCUT2D eigenvalue weighted by molar-refractivity contribution is -0.137. The molecule has 2 amide bonds. The molecule has 0 heterocycles. The van der Waals surface area contributed by atoms with Gasteiger partial charge in [-0.25, -0.2) is 0 Å². The monoisotopic (exact) mass is 299 g/mol. The van der Waals surface area contributed by atoms with Crippen LogP contribution in [0.1, 0.15) is 40.0 Å². The Balaban J connectivity index is 2.50. The van der Waals surface area contributed by atoms with Gasteiger partial charge in [0, 0.05) is 25.2 Å². The molecule has 0 spiro atoms. The zero-order valence-corrected chi connectivity index (χ0v) is 13.5. The van der Waals surface area contributed by atoms with Gasteiger partial charge in [0.2, 0.25) is 11.8 Å². The molecule has 6 heteroatoms. The largest absolute Gasteiger partial charge is 0.395 e. The van der Waals surface area contributed by atoms with Crippen molar-refractivity contribution in [3.8, 4) is 0 Å². The van der Waals surface area contributed by atoms with Crippen LogP contribution in [-0.2, 0) is 9.59 Å². The Bertz CT molecular complexity index is 343. The molecule has 1 fully saturated rings. The zero-order valence-electron chi connectivity index (χ0n) is 13.5. The van der Waals surface area contributed by atoms with Crippen LogP contribution in [-0.4, -0.2) is 71.6 Å². The molecule has 122 valence electrons. The van der Waals surface area contributed by atoms with Gasteiger partial charge in [0.05, 0.1) is 19.7 Å². The van der Waals surface area contributed by atoms with Gasteiger partial charge in [-0.15, -0.1) is 0 Å². The van der Waals surface area contributed by atoms with Gasteiger partial charge in [0.1, 0.15) is 0 Å². The van der Waals surface area contributed by atoms with E-state index in [1.165, 1.54) is 6.42 Å². The molecule has 1 rings (SSSR count). The Morgan fingerprint density at radius 3 is 2.38 bits per heavy atom. The van der Waals surface area contributed by atoms with Gasteiger partial charge in [-0.3, -0.25) is 14.5 Å². The summed E-state index contributed by atoms with van der Waals surface area (Å²) >= 11 is 0. The predicted octanol–water partition coefficient (Wildman–Crippen LogP) is 0.206. The van der Waals surface area contributed by atoms with Crippen molar-refractivity contribution in [2.75, 3.05) is 32.8 Å². The van der Waals surface area contributed by atoms with Gasteiger partial charge in [-0.2, -0.15) is 0 Å². The van der Waals surface area contributed by atoms with E-state index in [0.717, 1.165) is 12.8 Å². The summed E-state index contributed by atoms with van der Waals surface area (Å²) in [5.41, 5.74) is 0. The highest BCUT2D eigenvalue weighted by molar-refractivity contribution is 5.85. The molecule has 1 aliphatic carbocycles. The summed E-state index contributed by atoms with van der Waals surface area (Å²) in [5.74, 6) is -0.172. The number of aliphatic hydroxyl groups excluding tert-OH is 1. The second-order valence-electron chi connectivity index (χ2n) is 5.91. The van der Waals surface area contributed by atoms with Crippen molar-refractivity contribution in [2.45, 2.75) is 52.1 Å². The Kier molecular flexibility index (Phi) is 7.67. The van der Waals surface area contributed by atoms with E-state index in [0.29, 0.717) is 19.1 Å². The van der Waals surface area contributed by atoms with Crippen LogP contribution in [0.3, 0.4) is 0 Å². The average molecular weight is 299 g/mol. The summed E-state index contributed by atoms with van der Waals surface area (Å²) in [6.07, 6.45) is 3.37. The van der Waals surface area contributed by atoms with Gasteiger partial charge < -0.3 is 15.3 Å². The summed E-state index contributed by atoms with van der Waals surface area (Å²) in [4.78, 5) is 27.7. The molecular formula is C15H29N3O3. The second-order valence-corrected chi connectivity index (χ2v) is 5.91. The highest BCUT2D eigenvalue weighted by Crippen LogP contribution is 2.24. The van der Waals surface area contributed by atoms with E-state index >= 15 is 0 Å². The number of hydrogen-bond acceptors (Lipinski definition) is 4. The molecule has 0 aromatic carbocycles. The maximum absolute atomic E-state index is 12.3. The lowest BCUT2D eigenvalue weighted by Gasteiger charge is -2.37. The normalized spacial score (nSPS) is 15.1. The first kappa shape index (κ1) is 17.9. The van der Waals surface area contributed by atoms with Crippen LogP contribution in [0.5, 0.6) is 0 Å². The van der Waals surface area contributed by atoms with Crippen molar-refractivity contribution in [1.29, 1.82) is 0 Å². The number of rotatable bonds is 9. The zero-order chi connectivity index (χ0) is 15.8. The molecule has 0 aliphatic heterocycles. The third-order valence-corrected chi connectivity index (χ3v) is 3.84. The van der Waals surface area contributed by atoms with Crippen LogP contribution in [0.25, 0.3) is 0 Å². The minimum Gasteiger partial charge on any atom is -0.395 e. The minimum absolute atomic E-state index is 0.0447. The van der Waals surface area contributed by atoms with Crippen LogP contribution in [0.2, 0.25) is 0 Å². The lowest BCUT2D eigenvalue weighted by atomic mass is 9.91. The summed E-state index contributed by atoms with van der Waals surface area (Å²) in [5, 5.41) is 11.9. The Hall–Kier alpha value is -1.14. The topological polar surface area (TPSA) is 72.9 Å². The first-order chi connectivity index (χ1) is 9.97. The molecule has 0 bridgehead atoms. The number of carbonyl (C=O) groups is 2. The van der Waals surface area contributed by atoms with Crippen LogP contribution >= 0.6 is 0 Å². The second kappa shape index (κ2) is 9.00. The SMILES string of the molecule is CCN(CC(=O)NC(C)C)C(=O)CN(CCO)C1CCC1. The average Bonchev–Trinajstić information content (AvgIpc) is 2.33. The maximum atomic E-state index is 12.3. The van der Waals surface area contributed by atoms with Crippen LogP contribution in [0.15, 0.2) is 0 Å². The van der Waals surface area contributed by atoms with E-state index in [4.69, 9.17) is 5.11 Å². The van der Waals surface area contributed by atoms with Crippen LogP contribution in [0, 0.1) is 0 Å². The molecule has 0 aromatic heterocycles. The maximum Gasteiger partial charge on any atom is 0.239 e. The molecule has 6 nitrogen and oxygen atoms in total.